The number of hydrogen-bond acceptors (Lipinski definition) is 5. The van der Waals surface area contributed by atoms with Crippen LogP contribution in [0.3, 0.4) is 0 Å². The number of hydrogen-bond donors (Lipinski definition) is 2. The molecule has 8 heteroatoms. The maximum Gasteiger partial charge on any atom is 0.217 e. The van der Waals surface area contributed by atoms with Gasteiger partial charge in [-0.15, -0.1) is 0 Å². The highest BCUT2D eigenvalue weighted by molar-refractivity contribution is 7.89. The first-order valence-electron chi connectivity index (χ1n) is 6.13. The summed E-state index contributed by atoms with van der Waals surface area (Å²) in [5, 5.41) is 11.2. The molecule has 1 aliphatic heterocycles. The second kappa shape index (κ2) is 5.41. The molecule has 18 heavy (non-hydrogen) atoms. The molecule has 0 aromatic rings. The van der Waals surface area contributed by atoms with Crippen molar-refractivity contribution in [2.45, 2.75) is 37.0 Å². The molecule has 1 aliphatic carbocycles. The summed E-state index contributed by atoms with van der Waals surface area (Å²) in [4.78, 5) is 0. The van der Waals surface area contributed by atoms with Gasteiger partial charge in [-0.25, -0.2) is 8.42 Å². The predicted molar refractivity (Wildman–Crippen MR) is 65.9 cm³/mol. The van der Waals surface area contributed by atoms with Gasteiger partial charge in [0.25, 0.3) is 0 Å². The summed E-state index contributed by atoms with van der Waals surface area (Å²) in [5.41, 5.74) is 5.46. The summed E-state index contributed by atoms with van der Waals surface area (Å²) < 4.78 is 31.5. The van der Waals surface area contributed by atoms with E-state index in [1.54, 1.807) is 0 Å². The lowest BCUT2D eigenvalue weighted by Gasteiger charge is -2.33. The Kier molecular flexibility index (Phi) is 4.08. The Morgan fingerprint density at radius 1 is 1.39 bits per heavy atom. The minimum atomic E-state index is -3.28. The molecule has 0 aromatic heterocycles. The molecule has 3 N–H and O–H groups in total. The van der Waals surface area contributed by atoms with Gasteiger partial charge in [0, 0.05) is 13.1 Å². The van der Waals surface area contributed by atoms with Crippen molar-refractivity contribution in [1.82, 2.24) is 4.31 Å². The number of nitrogens with two attached hydrogens (primary N) is 1. The molecular weight excluding hydrogens is 258 g/mol. The van der Waals surface area contributed by atoms with Crippen molar-refractivity contribution in [3.8, 4) is 0 Å². The number of sulfonamides is 1. The Morgan fingerprint density at radius 2 is 2.06 bits per heavy atom. The van der Waals surface area contributed by atoms with E-state index >= 15 is 0 Å². The van der Waals surface area contributed by atoms with Gasteiger partial charge in [0.1, 0.15) is 6.10 Å². The first-order valence-corrected chi connectivity index (χ1v) is 7.64. The zero-order valence-corrected chi connectivity index (χ0v) is 11.0. The van der Waals surface area contributed by atoms with Crippen LogP contribution in [0, 0.1) is 0 Å². The van der Waals surface area contributed by atoms with Crippen LogP contribution in [0.1, 0.15) is 25.7 Å². The van der Waals surface area contributed by atoms with Crippen LogP contribution in [0.5, 0.6) is 0 Å². The maximum atomic E-state index is 12.4. The molecule has 1 unspecified atom stereocenters. The maximum absolute atomic E-state index is 12.4. The molecule has 0 amide bonds. The molecule has 1 saturated heterocycles. The minimum absolute atomic E-state index is 0.0821. The van der Waals surface area contributed by atoms with Crippen molar-refractivity contribution >= 4 is 15.9 Å². The highest BCUT2D eigenvalue weighted by Crippen LogP contribution is 2.28. The molecule has 7 nitrogen and oxygen atoms in total. The fraction of sp³-hybridized carbons (Fsp3) is 0.900. The monoisotopic (exact) mass is 277 g/mol. The van der Waals surface area contributed by atoms with Gasteiger partial charge in [-0.1, -0.05) is 18.0 Å². The molecule has 1 atom stereocenters. The molecule has 0 bridgehead atoms. The molecule has 1 saturated carbocycles. The van der Waals surface area contributed by atoms with Gasteiger partial charge < -0.3 is 15.7 Å². The molecule has 1 heterocycles. The van der Waals surface area contributed by atoms with E-state index in [1.165, 1.54) is 4.31 Å². The van der Waals surface area contributed by atoms with Gasteiger partial charge in [-0.3, -0.25) is 0 Å². The van der Waals surface area contributed by atoms with E-state index in [0.29, 0.717) is 6.54 Å². The highest BCUT2D eigenvalue weighted by atomic mass is 32.2. The molecule has 2 rings (SSSR count). The zero-order valence-electron chi connectivity index (χ0n) is 10.2. The van der Waals surface area contributed by atoms with Gasteiger partial charge in [-0.2, -0.15) is 4.31 Å². The second-order valence-electron chi connectivity index (χ2n) is 4.69. The first-order chi connectivity index (χ1) is 8.55. The lowest BCUT2D eigenvalue weighted by atomic mass is 10.3. The van der Waals surface area contributed by atoms with Crippen molar-refractivity contribution in [3.05, 3.63) is 0 Å². The summed E-state index contributed by atoms with van der Waals surface area (Å²) in [6, 6.07) is 0. The fourth-order valence-electron chi connectivity index (χ4n) is 2.50. The second-order valence-corrected chi connectivity index (χ2v) is 6.91. The average molecular weight is 277 g/mol. The van der Waals surface area contributed by atoms with Crippen molar-refractivity contribution in [2.75, 3.05) is 19.7 Å². The Labute approximate surface area is 107 Å². The van der Waals surface area contributed by atoms with Crippen molar-refractivity contribution in [1.29, 1.82) is 0 Å². The summed E-state index contributed by atoms with van der Waals surface area (Å²) in [6.07, 6.45) is 2.75. The predicted octanol–water partition coefficient (Wildman–Crippen LogP) is -0.294. The Balaban J connectivity index is 2.08. The number of morpholine rings is 1. The van der Waals surface area contributed by atoms with E-state index < -0.39 is 16.1 Å². The summed E-state index contributed by atoms with van der Waals surface area (Å²) in [7, 11) is -3.28. The highest BCUT2D eigenvalue weighted by Gasteiger charge is 2.37. The topological polar surface area (TPSA) is 105 Å². The zero-order chi connectivity index (χ0) is 13.2. The quantitative estimate of drug-likeness (QED) is 0.319. The molecular formula is C10H19N3O4S. The number of amidine groups is 1. The van der Waals surface area contributed by atoms with Crippen LogP contribution in [0.25, 0.3) is 0 Å². The van der Waals surface area contributed by atoms with E-state index in [0.717, 1.165) is 25.7 Å². The molecule has 0 aromatic carbocycles. The Bertz CT molecular complexity index is 417. The number of ether oxygens (including phenoxy) is 1. The Hall–Kier alpha value is -0.860. The minimum Gasteiger partial charge on any atom is -0.409 e. The largest absolute Gasteiger partial charge is 0.409 e. The van der Waals surface area contributed by atoms with Crippen LogP contribution in [0.2, 0.25) is 0 Å². The van der Waals surface area contributed by atoms with Crippen molar-refractivity contribution < 1.29 is 18.4 Å². The molecule has 0 spiro atoms. The van der Waals surface area contributed by atoms with Crippen LogP contribution in [0.4, 0.5) is 0 Å². The molecule has 0 radical (unpaired) electrons. The van der Waals surface area contributed by atoms with Gasteiger partial charge in [0.05, 0.1) is 11.9 Å². The van der Waals surface area contributed by atoms with Crippen LogP contribution in [-0.4, -0.2) is 54.8 Å². The van der Waals surface area contributed by atoms with Gasteiger partial charge >= 0.3 is 0 Å². The van der Waals surface area contributed by atoms with Crippen LogP contribution in [0.15, 0.2) is 5.16 Å². The van der Waals surface area contributed by atoms with Gasteiger partial charge in [0.2, 0.25) is 10.0 Å². The van der Waals surface area contributed by atoms with Crippen LogP contribution >= 0.6 is 0 Å². The normalized spacial score (nSPS) is 28.7. The van der Waals surface area contributed by atoms with Crippen molar-refractivity contribution in [2.24, 2.45) is 10.9 Å². The third-order valence-electron chi connectivity index (χ3n) is 3.56. The van der Waals surface area contributed by atoms with E-state index in [-0.39, 0.29) is 24.2 Å². The number of rotatable bonds is 3. The van der Waals surface area contributed by atoms with Gasteiger partial charge in [0.15, 0.2) is 5.84 Å². The summed E-state index contributed by atoms with van der Waals surface area (Å²) in [6.45, 7) is 0.746. The van der Waals surface area contributed by atoms with E-state index in [9.17, 15) is 8.42 Å². The van der Waals surface area contributed by atoms with Crippen LogP contribution < -0.4 is 5.73 Å². The first kappa shape index (κ1) is 13.6. The molecule has 2 aliphatic rings. The summed E-state index contributed by atoms with van der Waals surface area (Å²) >= 11 is 0. The lowest BCUT2D eigenvalue weighted by Crippen LogP contribution is -2.52. The van der Waals surface area contributed by atoms with Gasteiger partial charge in [-0.05, 0) is 12.8 Å². The van der Waals surface area contributed by atoms with E-state index in [4.69, 9.17) is 15.7 Å². The standard InChI is InChI=1S/C10H19N3O4S/c11-10(12-14)9-7-13(5-6-17-9)18(15,16)8-3-1-2-4-8/h8-9,14H,1-7H2,(H2,11,12). The summed E-state index contributed by atoms with van der Waals surface area (Å²) in [5.74, 6) is -0.0821. The Morgan fingerprint density at radius 3 is 2.67 bits per heavy atom. The third kappa shape index (κ3) is 2.60. The van der Waals surface area contributed by atoms with E-state index in [2.05, 4.69) is 5.16 Å². The fourth-order valence-corrected chi connectivity index (χ4v) is 4.52. The van der Waals surface area contributed by atoms with E-state index in [1.807, 2.05) is 0 Å². The molecule has 104 valence electrons. The number of oxime groups is 1. The number of nitrogens with zero attached hydrogens (tertiary/aromatic N) is 2. The third-order valence-corrected chi connectivity index (χ3v) is 5.92. The lowest BCUT2D eigenvalue weighted by molar-refractivity contribution is 0.0351. The smallest absolute Gasteiger partial charge is 0.217 e. The SMILES string of the molecule is NC(=NO)C1CN(S(=O)(=O)C2CCCC2)CCO1. The molecule has 2 fully saturated rings. The van der Waals surface area contributed by atoms with Crippen molar-refractivity contribution in [3.63, 3.8) is 0 Å². The average Bonchev–Trinajstić information content (AvgIpc) is 2.92. The van der Waals surface area contributed by atoms with Crippen LogP contribution in [-0.2, 0) is 14.8 Å².